The molecule has 0 aromatic heterocycles. The van der Waals surface area contributed by atoms with Crippen molar-refractivity contribution in [3.05, 3.63) is 0 Å². The Labute approximate surface area is 56.8 Å². The summed E-state index contributed by atoms with van der Waals surface area (Å²) in [4.78, 5) is 18.9. The minimum atomic E-state index is -1.31. The summed E-state index contributed by atoms with van der Waals surface area (Å²) < 4.78 is 0. The fourth-order valence-electron chi connectivity index (χ4n) is 0.129. The number of hydrogen-bond acceptors (Lipinski definition) is 3. The first kappa shape index (κ1) is 11.2. The van der Waals surface area contributed by atoms with Crippen LogP contribution in [0.4, 0.5) is 0 Å². The second kappa shape index (κ2) is 7.41. The minimum absolute atomic E-state index is 0.750. The topological polar surface area (TPSA) is 124 Å². The molecule has 0 heterocycles. The van der Waals surface area contributed by atoms with E-state index >= 15 is 0 Å². The van der Waals surface area contributed by atoms with Crippen molar-refractivity contribution in [1.82, 2.24) is 0 Å². The smallest absolute Gasteiger partial charge is 0.314 e. The molecule has 0 amide bonds. The van der Waals surface area contributed by atoms with E-state index in [-0.39, 0.29) is 0 Å². The van der Waals surface area contributed by atoms with E-state index in [1.54, 1.807) is 0 Å². The highest BCUT2D eigenvalue weighted by atomic mass is 16.4. The monoisotopic (exact) mass is 148 g/mol. The Morgan fingerprint density at radius 3 is 1.60 bits per heavy atom. The van der Waals surface area contributed by atoms with Gasteiger partial charge in [0.15, 0.2) is 0 Å². The van der Waals surface area contributed by atoms with E-state index in [9.17, 15) is 9.59 Å². The molecule has 0 saturated heterocycles. The zero-order valence-electron chi connectivity index (χ0n) is 5.07. The maximum atomic E-state index is 9.43. The molecule has 6 nitrogen and oxygen atoms in total. The van der Waals surface area contributed by atoms with E-state index in [4.69, 9.17) is 15.6 Å². The van der Waals surface area contributed by atoms with Crippen LogP contribution in [0.2, 0.25) is 0 Å². The van der Waals surface area contributed by atoms with Gasteiger partial charge in [-0.05, 0) is 0 Å². The lowest BCUT2D eigenvalue weighted by Gasteiger charge is -1.80. The summed E-state index contributed by atoms with van der Waals surface area (Å²) in [6.07, 6.45) is -0.0556. The van der Waals surface area contributed by atoms with Gasteiger partial charge in [0, 0.05) is 0 Å². The molecule has 10 heavy (non-hydrogen) atoms. The van der Waals surface area contributed by atoms with Crippen LogP contribution in [0.5, 0.6) is 0 Å². The van der Waals surface area contributed by atoms with Crippen molar-refractivity contribution in [2.24, 2.45) is 5.73 Å². The van der Waals surface area contributed by atoms with Crippen LogP contribution < -0.4 is 5.73 Å². The lowest BCUT2D eigenvalue weighted by Crippen LogP contribution is -2.03. The zero-order valence-corrected chi connectivity index (χ0v) is 5.07. The summed E-state index contributed by atoms with van der Waals surface area (Å²) in [6, 6.07) is 0. The Morgan fingerprint density at radius 1 is 1.40 bits per heavy atom. The zero-order chi connectivity index (χ0) is 8.57. The third-order valence-electron chi connectivity index (χ3n) is 0.302. The Balaban J connectivity index is 0. The average Bonchev–Trinajstić information content (AvgIpc) is 1.62. The van der Waals surface area contributed by atoms with E-state index in [1.165, 1.54) is 0 Å². The molecule has 0 rings (SSSR count). The van der Waals surface area contributed by atoms with Crippen molar-refractivity contribution >= 4 is 18.3 Å². The molecule has 5 N–H and O–H groups in total. The second-order valence-corrected chi connectivity index (χ2v) is 1.13. The highest BCUT2D eigenvalue weighted by molar-refractivity contribution is 5.88. The van der Waals surface area contributed by atoms with Crippen molar-refractivity contribution in [2.45, 2.75) is 6.42 Å². The molecule has 0 spiro atoms. The standard InChI is InChI=1S/C3H4O4.CH4N2/c4-2(5)1-3(6)7;2-1-3/h1H2,(H,4,5)(H,6,7);1H,(H3,2,3). The van der Waals surface area contributed by atoms with Crippen LogP contribution in [0.1, 0.15) is 6.42 Å². The largest absolute Gasteiger partial charge is 0.481 e. The Hall–Kier alpha value is -1.59. The van der Waals surface area contributed by atoms with Gasteiger partial charge >= 0.3 is 11.9 Å². The molecular formula is C4H8N2O4. The first-order chi connectivity index (χ1) is 4.54. The number of carboxylic acid groups (broad SMARTS) is 2. The van der Waals surface area contributed by atoms with Gasteiger partial charge in [-0.15, -0.1) is 0 Å². The SMILES string of the molecule is N=CN.O=C(O)CC(=O)O. The van der Waals surface area contributed by atoms with Gasteiger partial charge in [0.25, 0.3) is 0 Å². The summed E-state index contributed by atoms with van der Waals surface area (Å²) in [7, 11) is 0. The van der Waals surface area contributed by atoms with Gasteiger partial charge in [0.2, 0.25) is 0 Å². The van der Waals surface area contributed by atoms with Crippen LogP contribution in [0, 0.1) is 5.41 Å². The van der Waals surface area contributed by atoms with E-state index < -0.39 is 18.4 Å². The van der Waals surface area contributed by atoms with Gasteiger partial charge in [0.05, 0.1) is 6.34 Å². The molecule has 0 atom stereocenters. The van der Waals surface area contributed by atoms with Crippen LogP contribution in [0.25, 0.3) is 0 Å². The van der Waals surface area contributed by atoms with Crippen LogP contribution >= 0.6 is 0 Å². The first-order valence-electron chi connectivity index (χ1n) is 2.18. The van der Waals surface area contributed by atoms with Gasteiger partial charge in [-0.3, -0.25) is 15.0 Å². The molecule has 0 aliphatic heterocycles. The number of nitrogens with two attached hydrogens (primary N) is 1. The van der Waals surface area contributed by atoms with Gasteiger partial charge in [0.1, 0.15) is 6.42 Å². The number of nitrogens with one attached hydrogen (secondary N) is 1. The summed E-state index contributed by atoms with van der Waals surface area (Å²) >= 11 is 0. The molecule has 0 radical (unpaired) electrons. The van der Waals surface area contributed by atoms with Crippen molar-refractivity contribution in [2.75, 3.05) is 0 Å². The number of carboxylic acids is 2. The number of hydrogen-bond donors (Lipinski definition) is 4. The normalized spacial score (nSPS) is 6.80. The second-order valence-electron chi connectivity index (χ2n) is 1.13. The van der Waals surface area contributed by atoms with Crippen molar-refractivity contribution in [1.29, 1.82) is 5.41 Å². The quantitative estimate of drug-likeness (QED) is 0.229. The van der Waals surface area contributed by atoms with E-state index in [2.05, 4.69) is 5.73 Å². The minimum Gasteiger partial charge on any atom is -0.481 e. The molecule has 0 fully saturated rings. The highest BCUT2D eigenvalue weighted by Crippen LogP contribution is 1.74. The van der Waals surface area contributed by atoms with Crippen LogP contribution in [0.15, 0.2) is 0 Å². The van der Waals surface area contributed by atoms with Gasteiger partial charge in [-0.1, -0.05) is 0 Å². The third-order valence-corrected chi connectivity index (χ3v) is 0.302. The average molecular weight is 148 g/mol. The molecule has 0 aromatic rings. The molecule has 0 unspecified atom stereocenters. The first-order valence-corrected chi connectivity index (χ1v) is 2.18. The maximum Gasteiger partial charge on any atom is 0.314 e. The Bertz CT molecular complexity index is 121. The van der Waals surface area contributed by atoms with Crippen molar-refractivity contribution < 1.29 is 19.8 Å². The summed E-state index contributed by atoms with van der Waals surface area (Å²) in [5.41, 5.74) is 4.39. The highest BCUT2D eigenvalue weighted by Gasteiger charge is 2.01. The number of aliphatic carboxylic acids is 2. The molecule has 0 bridgehead atoms. The van der Waals surface area contributed by atoms with Crippen LogP contribution in [-0.2, 0) is 9.59 Å². The predicted molar refractivity (Wildman–Crippen MR) is 32.9 cm³/mol. The fraction of sp³-hybridized carbons (Fsp3) is 0.250. The third kappa shape index (κ3) is 32.3. The van der Waals surface area contributed by atoms with Gasteiger partial charge < -0.3 is 15.9 Å². The Morgan fingerprint density at radius 2 is 1.60 bits per heavy atom. The van der Waals surface area contributed by atoms with E-state index in [1.807, 2.05) is 0 Å². The Kier molecular flexibility index (Phi) is 8.33. The summed E-state index contributed by atoms with van der Waals surface area (Å²) in [6.45, 7) is 0. The van der Waals surface area contributed by atoms with E-state index in [0.29, 0.717) is 0 Å². The molecule has 0 aliphatic rings. The van der Waals surface area contributed by atoms with Crippen molar-refractivity contribution in [3.8, 4) is 0 Å². The molecule has 0 saturated carbocycles. The van der Waals surface area contributed by atoms with Gasteiger partial charge in [-0.2, -0.15) is 0 Å². The molecular weight excluding hydrogens is 140 g/mol. The van der Waals surface area contributed by atoms with Crippen LogP contribution in [-0.4, -0.2) is 28.5 Å². The summed E-state index contributed by atoms with van der Waals surface area (Å²) in [5.74, 6) is -2.62. The fourth-order valence-corrected chi connectivity index (χ4v) is 0.129. The van der Waals surface area contributed by atoms with Gasteiger partial charge in [-0.25, -0.2) is 0 Å². The molecule has 0 aromatic carbocycles. The molecule has 0 aliphatic carbocycles. The lowest BCUT2D eigenvalue weighted by atomic mass is 10.5. The summed E-state index contributed by atoms with van der Waals surface area (Å²) in [5, 5.41) is 21.3. The number of carbonyl (C=O) groups is 2. The number of rotatable bonds is 2. The van der Waals surface area contributed by atoms with Crippen molar-refractivity contribution in [3.63, 3.8) is 0 Å². The van der Waals surface area contributed by atoms with Crippen LogP contribution in [0.3, 0.4) is 0 Å². The molecule has 6 heteroatoms. The lowest BCUT2D eigenvalue weighted by molar-refractivity contribution is -0.147. The predicted octanol–water partition coefficient (Wildman–Crippen LogP) is -0.902. The maximum absolute atomic E-state index is 9.43. The molecule has 58 valence electrons. The van der Waals surface area contributed by atoms with E-state index in [0.717, 1.165) is 6.34 Å².